The maximum absolute atomic E-state index is 11.5. The molecule has 1 heterocycles. The number of hydrogen-bond donors (Lipinski definition) is 2. The van der Waals surface area contributed by atoms with Crippen LogP contribution < -0.4 is 10.4 Å². The van der Waals surface area contributed by atoms with Gasteiger partial charge in [0.2, 0.25) is 5.91 Å². The third kappa shape index (κ3) is 2.82. The molecule has 1 aliphatic rings. The first-order valence-corrected chi connectivity index (χ1v) is 5.54. The number of amides is 1. The molecule has 0 bridgehead atoms. The van der Waals surface area contributed by atoms with Crippen molar-refractivity contribution in [1.29, 1.82) is 0 Å². The summed E-state index contributed by atoms with van der Waals surface area (Å²) in [6.07, 6.45) is 1.15. The van der Waals surface area contributed by atoms with E-state index in [1.807, 2.05) is 24.3 Å². The number of benzene rings is 1. The van der Waals surface area contributed by atoms with Gasteiger partial charge in [-0.1, -0.05) is 12.1 Å². The molecule has 0 radical (unpaired) electrons. The Labute approximate surface area is 99.0 Å². The second-order valence-corrected chi connectivity index (χ2v) is 3.95. The molecule has 0 aliphatic carbocycles. The van der Waals surface area contributed by atoms with E-state index in [0.29, 0.717) is 19.4 Å². The van der Waals surface area contributed by atoms with Crippen molar-refractivity contribution in [3.05, 3.63) is 29.8 Å². The molecule has 2 rings (SSSR count). The van der Waals surface area contributed by atoms with E-state index >= 15 is 0 Å². The van der Waals surface area contributed by atoms with Crippen molar-refractivity contribution in [2.75, 3.05) is 11.6 Å². The number of nitrogens with zero attached hydrogens (tertiary/aromatic N) is 1. The highest BCUT2D eigenvalue weighted by molar-refractivity contribution is 5.94. The Bertz CT molecular complexity index is 428. The summed E-state index contributed by atoms with van der Waals surface area (Å²) in [4.78, 5) is 21.9. The molecule has 1 aromatic carbocycles. The van der Waals surface area contributed by atoms with E-state index < -0.39 is 5.97 Å². The smallest absolute Gasteiger partial charge is 0.303 e. The number of rotatable bonds is 4. The highest BCUT2D eigenvalue weighted by Crippen LogP contribution is 2.17. The van der Waals surface area contributed by atoms with Crippen LogP contribution >= 0.6 is 0 Å². The van der Waals surface area contributed by atoms with Crippen molar-refractivity contribution < 1.29 is 14.7 Å². The van der Waals surface area contributed by atoms with Gasteiger partial charge < -0.3 is 5.11 Å². The zero-order valence-corrected chi connectivity index (χ0v) is 9.35. The normalized spacial score (nSPS) is 15.3. The van der Waals surface area contributed by atoms with E-state index in [1.54, 1.807) is 0 Å². The molecule has 17 heavy (non-hydrogen) atoms. The average molecular weight is 234 g/mol. The number of anilines is 1. The molecule has 5 nitrogen and oxygen atoms in total. The van der Waals surface area contributed by atoms with Crippen molar-refractivity contribution in [3.63, 3.8) is 0 Å². The number of hydrazine groups is 1. The van der Waals surface area contributed by atoms with Crippen LogP contribution in [-0.4, -0.2) is 23.5 Å². The third-order valence-electron chi connectivity index (χ3n) is 2.68. The molecular formula is C12H14N2O3. The fraction of sp³-hybridized carbons (Fsp3) is 0.333. The van der Waals surface area contributed by atoms with Gasteiger partial charge >= 0.3 is 5.97 Å². The van der Waals surface area contributed by atoms with E-state index in [4.69, 9.17) is 5.11 Å². The summed E-state index contributed by atoms with van der Waals surface area (Å²) < 4.78 is 0. The lowest BCUT2D eigenvalue weighted by atomic mass is 10.1. The van der Waals surface area contributed by atoms with Gasteiger partial charge in [0.25, 0.3) is 0 Å². The Morgan fingerprint density at radius 3 is 2.59 bits per heavy atom. The van der Waals surface area contributed by atoms with Crippen LogP contribution in [0.4, 0.5) is 5.69 Å². The fourth-order valence-corrected chi connectivity index (χ4v) is 1.77. The van der Waals surface area contributed by atoms with Gasteiger partial charge in [0.15, 0.2) is 0 Å². The molecule has 0 aromatic heterocycles. The molecule has 1 aliphatic heterocycles. The number of carbonyl (C=O) groups is 2. The molecule has 2 N–H and O–H groups in total. The molecule has 0 unspecified atom stereocenters. The quantitative estimate of drug-likeness (QED) is 0.813. The van der Waals surface area contributed by atoms with Crippen LogP contribution in [0.15, 0.2) is 24.3 Å². The zero-order chi connectivity index (χ0) is 12.3. The van der Waals surface area contributed by atoms with Gasteiger partial charge in [-0.15, -0.1) is 0 Å². The van der Waals surface area contributed by atoms with Crippen LogP contribution in [0.5, 0.6) is 0 Å². The van der Waals surface area contributed by atoms with Crippen molar-refractivity contribution in [2.45, 2.75) is 19.3 Å². The van der Waals surface area contributed by atoms with Crippen LogP contribution in [0, 0.1) is 0 Å². The summed E-state index contributed by atoms with van der Waals surface area (Å²) in [6.45, 7) is 0.666. The Hall–Kier alpha value is -1.88. The van der Waals surface area contributed by atoms with E-state index in [9.17, 15) is 9.59 Å². The summed E-state index contributed by atoms with van der Waals surface area (Å²) in [7, 11) is 0. The van der Waals surface area contributed by atoms with Gasteiger partial charge in [-0.05, 0) is 24.1 Å². The number of carbonyl (C=O) groups excluding carboxylic acids is 1. The van der Waals surface area contributed by atoms with Crippen molar-refractivity contribution in [2.24, 2.45) is 0 Å². The topological polar surface area (TPSA) is 69.6 Å². The molecule has 0 atom stereocenters. The largest absolute Gasteiger partial charge is 0.481 e. The summed E-state index contributed by atoms with van der Waals surface area (Å²) in [5.41, 5.74) is 4.74. The number of nitrogens with one attached hydrogen (secondary N) is 1. The SMILES string of the molecule is O=C(O)CCc1ccc(N2NCCC2=O)cc1. The Morgan fingerprint density at radius 1 is 1.35 bits per heavy atom. The van der Waals surface area contributed by atoms with Crippen LogP contribution in [0.3, 0.4) is 0 Å². The Balaban J connectivity index is 2.02. The molecule has 1 saturated heterocycles. The highest BCUT2D eigenvalue weighted by atomic mass is 16.4. The lowest BCUT2D eigenvalue weighted by Crippen LogP contribution is -2.33. The van der Waals surface area contributed by atoms with E-state index in [0.717, 1.165) is 11.3 Å². The first kappa shape index (κ1) is 11.6. The minimum Gasteiger partial charge on any atom is -0.481 e. The van der Waals surface area contributed by atoms with Gasteiger partial charge in [-0.3, -0.25) is 9.59 Å². The highest BCUT2D eigenvalue weighted by Gasteiger charge is 2.20. The molecular weight excluding hydrogens is 220 g/mol. The number of aryl methyl sites for hydroxylation is 1. The van der Waals surface area contributed by atoms with Crippen molar-refractivity contribution >= 4 is 17.6 Å². The number of carboxylic acids is 1. The average Bonchev–Trinajstić information content (AvgIpc) is 2.73. The molecule has 0 spiro atoms. The zero-order valence-electron chi connectivity index (χ0n) is 9.35. The predicted octanol–water partition coefficient (Wildman–Crippen LogP) is 0.945. The van der Waals surface area contributed by atoms with E-state index in [1.165, 1.54) is 5.01 Å². The maximum Gasteiger partial charge on any atom is 0.303 e. The Kier molecular flexibility index (Phi) is 3.39. The van der Waals surface area contributed by atoms with Gasteiger partial charge in [0, 0.05) is 19.4 Å². The van der Waals surface area contributed by atoms with Crippen LogP contribution in [0.1, 0.15) is 18.4 Å². The van der Waals surface area contributed by atoms with Gasteiger partial charge in [0.05, 0.1) is 5.69 Å². The lowest BCUT2D eigenvalue weighted by molar-refractivity contribution is -0.137. The minimum atomic E-state index is -0.800. The van der Waals surface area contributed by atoms with Gasteiger partial charge in [-0.2, -0.15) is 0 Å². The number of hydrogen-bond acceptors (Lipinski definition) is 3. The van der Waals surface area contributed by atoms with E-state index in [2.05, 4.69) is 5.43 Å². The van der Waals surface area contributed by atoms with Crippen LogP contribution in [0.2, 0.25) is 0 Å². The summed E-state index contributed by atoms with van der Waals surface area (Å²) in [6, 6.07) is 7.36. The predicted molar refractivity (Wildman–Crippen MR) is 62.5 cm³/mol. The third-order valence-corrected chi connectivity index (χ3v) is 2.68. The summed E-state index contributed by atoms with van der Waals surface area (Å²) >= 11 is 0. The van der Waals surface area contributed by atoms with Gasteiger partial charge in [-0.25, -0.2) is 10.4 Å². The minimum absolute atomic E-state index is 0.0586. The van der Waals surface area contributed by atoms with Crippen molar-refractivity contribution in [3.8, 4) is 0 Å². The molecule has 5 heteroatoms. The second-order valence-electron chi connectivity index (χ2n) is 3.95. The molecule has 1 amide bonds. The standard InChI is InChI=1S/C12H14N2O3/c15-11-7-8-13-14(11)10-4-1-9(2-5-10)3-6-12(16)17/h1-2,4-5,13H,3,6-8H2,(H,16,17). The monoisotopic (exact) mass is 234 g/mol. The number of carboxylic acid groups (broad SMARTS) is 1. The fourth-order valence-electron chi connectivity index (χ4n) is 1.77. The van der Waals surface area contributed by atoms with Crippen molar-refractivity contribution in [1.82, 2.24) is 5.43 Å². The second kappa shape index (κ2) is 4.97. The van der Waals surface area contributed by atoms with Gasteiger partial charge in [0.1, 0.15) is 0 Å². The molecule has 1 aromatic rings. The molecule has 0 saturated carbocycles. The number of aliphatic carboxylic acids is 1. The van der Waals surface area contributed by atoms with Crippen LogP contribution in [-0.2, 0) is 16.0 Å². The maximum atomic E-state index is 11.5. The summed E-state index contributed by atoms with van der Waals surface area (Å²) in [5, 5.41) is 10.1. The first-order chi connectivity index (χ1) is 8.16. The Morgan fingerprint density at radius 2 is 2.06 bits per heavy atom. The lowest BCUT2D eigenvalue weighted by Gasteiger charge is -2.15. The summed E-state index contributed by atoms with van der Waals surface area (Å²) in [5.74, 6) is -0.742. The molecule has 90 valence electrons. The first-order valence-electron chi connectivity index (χ1n) is 5.54. The van der Waals surface area contributed by atoms with E-state index in [-0.39, 0.29) is 12.3 Å². The molecule has 1 fully saturated rings. The van der Waals surface area contributed by atoms with Crippen LogP contribution in [0.25, 0.3) is 0 Å².